The zero-order valence-corrected chi connectivity index (χ0v) is 13.5. The van der Waals surface area contributed by atoms with E-state index in [0.29, 0.717) is 12.5 Å². The number of ether oxygens (including phenoxy) is 1. The molecule has 1 unspecified atom stereocenters. The molecule has 0 spiro atoms. The summed E-state index contributed by atoms with van der Waals surface area (Å²) in [5.74, 6) is 0.560. The van der Waals surface area contributed by atoms with Crippen LogP contribution >= 0.6 is 11.6 Å². The third kappa shape index (κ3) is 3.85. The summed E-state index contributed by atoms with van der Waals surface area (Å²) in [6.07, 6.45) is 3.11. The molecule has 1 N–H and O–H groups in total. The molecule has 0 amide bonds. The van der Waals surface area contributed by atoms with E-state index in [1.165, 1.54) is 0 Å². The Morgan fingerprint density at radius 3 is 3.09 bits per heavy atom. The first-order valence-corrected chi connectivity index (χ1v) is 8.04. The number of halogens is 1. The number of rotatable bonds is 6. The summed E-state index contributed by atoms with van der Waals surface area (Å²) in [6.45, 7) is 5.35. The third-order valence-corrected chi connectivity index (χ3v) is 4.36. The molecule has 0 aliphatic carbocycles. The van der Waals surface area contributed by atoms with Gasteiger partial charge in [0.1, 0.15) is 0 Å². The van der Waals surface area contributed by atoms with Crippen molar-refractivity contribution in [3.8, 4) is 0 Å². The van der Waals surface area contributed by atoms with Crippen LogP contribution in [0, 0.1) is 5.92 Å². The molecule has 1 aromatic carbocycles. The maximum atomic E-state index is 6.22. The van der Waals surface area contributed by atoms with Crippen molar-refractivity contribution in [3.63, 3.8) is 0 Å². The molecule has 6 heteroatoms. The van der Waals surface area contributed by atoms with Crippen molar-refractivity contribution < 1.29 is 4.74 Å². The van der Waals surface area contributed by atoms with Gasteiger partial charge in [0.25, 0.3) is 0 Å². The van der Waals surface area contributed by atoms with Crippen LogP contribution in [0.2, 0.25) is 5.02 Å². The van der Waals surface area contributed by atoms with Crippen molar-refractivity contribution in [2.45, 2.75) is 32.5 Å². The van der Waals surface area contributed by atoms with Gasteiger partial charge in [-0.25, -0.2) is 0 Å². The Labute approximate surface area is 135 Å². The first-order chi connectivity index (χ1) is 10.7. The van der Waals surface area contributed by atoms with Gasteiger partial charge in [0.15, 0.2) is 0 Å². The summed E-state index contributed by atoms with van der Waals surface area (Å²) in [7, 11) is 0. The number of nitrogens with zero attached hydrogens (tertiary/aromatic N) is 3. The second-order valence-electron chi connectivity index (χ2n) is 5.79. The van der Waals surface area contributed by atoms with Crippen LogP contribution < -0.4 is 5.32 Å². The first-order valence-electron chi connectivity index (χ1n) is 7.67. The molecule has 2 heterocycles. The highest BCUT2D eigenvalue weighted by Crippen LogP contribution is 2.22. The Kier molecular flexibility index (Phi) is 5.08. The fraction of sp³-hybridized carbons (Fsp3) is 0.500. The maximum Gasteiger partial charge on any atom is 0.0965 e. The Morgan fingerprint density at radius 2 is 2.32 bits per heavy atom. The fourth-order valence-electron chi connectivity index (χ4n) is 2.69. The van der Waals surface area contributed by atoms with E-state index in [1.54, 1.807) is 0 Å². The van der Waals surface area contributed by atoms with Gasteiger partial charge in [-0.15, -0.1) is 5.10 Å². The van der Waals surface area contributed by atoms with Crippen molar-refractivity contribution in [2.24, 2.45) is 5.92 Å². The summed E-state index contributed by atoms with van der Waals surface area (Å²) < 4.78 is 7.30. The minimum atomic E-state index is 0.169. The molecular weight excluding hydrogens is 300 g/mol. The highest BCUT2D eigenvalue weighted by molar-refractivity contribution is 6.31. The quantitative estimate of drug-likeness (QED) is 0.889. The molecule has 1 aromatic heterocycles. The first kappa shape index (κ1) is 15.5. The molecule has 1 aliphatic rings. The Hall–Kier alpha value is -1.43. The van der Waals surface area contributed by atoms with Crippen LogP contribution in [-0.2, 0) is 17.8 Å². The summed E-state index contributed by atoms with van der Waals surface area (Å²) in [4.78, 5) is 0. The lowest BCUT2D eigenvalue weighted by molar-refractivity contribution is 0.181. The lowest BCUT2D eigenvalue weighted by atomic mass is 10.1. The number of hydrogen-bond acceptors (Lipinski definition) is 4. The summed E-state index contributed by atoms with van der Waals surface area (Å²) in [5.41, 5.74) is 2.04. The zero-order valence-electron chi connectivity index (χ0n) is 12.7. The van der Waals surface area contributed by atoms with Gasteiger partial charge in [-0.3, -0.25) is 4.68 Å². The van der Waals surface area contributed by atoms with Gasteiger partial charge < -0.3 is 10.1 Å². The van der Waals surface area contributed by atoms with Gasteiger partial charge in [0, 0.05) is 42.9 Å². The second kappa shape index (κ2) is 7.22. The van der Waals surface area contributed by atoms with Crippen molar-refractivity contribution in [1.82, 2.24) is 20.3 Å². The molecule has 0 bridgehead atoms. The fourth-order valence-corrected chi connectivity index (χ4v) is 2.99. The Bertz CT molecular complexity index is 610. The molecule has 1 saturated heterocycles. The lowest BCUT2D eigenvalue weighted by Crippen LogP contribution is -2.18. The SMILES string of the molecule is C[C@H](NCc1cn(CC2CCOC2)nn1)c1ccccc1Cl. The van der Waals surface area contributed by atoms with Crippen LogP contribution in [0.3, 0.4) is 0 Å². The molecule has 1 aliphatic heterocycles. The molecule has 0 radical (unpaired) electrons. The number of nitrogens with one attached hydrogen (secondary N) is 1. The molecule has 118 valence electrons. The molecule has 1 fully saturated rings. The molecule has 5 nitrogen and oxygen atoms in total. The highest BCUT2D eigenvalue weighted by atomic mass is 35.5. The number of aromatic nitrogens is 3. The van der Waals surface area contributed by atoms with E-state index in [0.717, 1.165) is 42.5 Å². The molecule has 3 rings (SSSR count). The largest absolute Gasteiger partial charge is 0.381 e. The Balaban J connectivity index is 1.53. The van der Waals surface area contributed by atoms with Gasteiger partial charge in [-0.05, 0) is 25.0 Å². The van der Waals surface area contributed by atoms with Gasteiger partial charge in [0.2, 0.25) is 0 Å². The normalized spacial score (nSPS) is 19.5. The smallest absolute Gasteiger partial charge is 0.0965 e. The molecule has 2 aromatic rings. The predicted octanol–water partition coefficient (Wildman–Crippen LogP) is 2.82. The standard InChI is InChI=1S/C16H21ClN4O/c1-12(15-4-2-3-5-16(15)17)18-8-14-10-21(20-19-14)9-13-6-7-22-11-13/h2-5,10,12-13,18H,6-9,11H2,1H3/t12-,13?/m0/s1. The third-order valence-electron chi connectivity index (χ3n) is 4.02. The van der Waals surface area contributed by atoms with Crippen molar-refractivity contribution >= 4 is 11.6 Å². The van der Waals surface area contributed by atoms with Crippen molar-refractivity contribution in [1.29, 1.82) is 0 Å². The summed E-state index contributed by atoms with van der Waals surface area (Å²) >= 11 is 6.22. The van der Waals surface area contributed by atoms with Crippen molar-refractivity contribution in [2.75, 3.05) is 13.2 Å². The molecule has 0 saturated carbocycles. The van der Waals surface area contributed by atoms with Gasteiger partial charge in [-0.2, -0.15) is 0 Å². The molecule has 2 atom stereocenters. The van der Waals surface area contributed by atoms with E-state index in [9.17, 15) is 0 Å². The van der Waals surface area contributed by atoms with Gasteiger partial charge in [-0.1, -0.05) is 35.0 Å². The number of hydrogen-bond donors (Lipinski definition) is 1. The predicted molar refractivity (Wildman–Crippen MR) is 85.7 cm³/mol. The van der Waals surface area contributed by atoms with Crippen LogP contribution in [0.5, 0.6) is 0 Å². The van der Waals surface area contributed by atoms with Crippen LogP contribution in [0.15, 0.2) is 30.5 Å². The highest BCUT2D eigenvalue weighted by Gasteiger charge is 2.17. The number of benzene rings is 1. The van der Waals surface area contributed by atoms with E-state index >= 15 is 0 Å². The van der Waals surface area contributed by atoms with Gasteiger partial charge >= 0.3 is 0 Å². The second-order valence-corrected chi connectivity index (χ2v) is 6.19. The van der Waals surface area contributed by atoms with Crippen LogP contribution in [0.4, 0.5) is 0 Å². The van der Waals surface area contributed by atoms with E-state index in [-0.39, 0.29) is 6.04 Å². The lowest BCUT2D eigenvalue weighted by Gasteiger charge is -2.14. The topological polar surface area (TPSA) is 52.0 Å². The van der Waals surface area contributed by atoms with Crippen LogP contribution in [0.1, 0.15) is 30.6 Å². The maximum absolute atomic E-state index is 6.22. The van der Waals surface area contributed by atoms with E-state index in [4.69, 9.17) is 16.3 Å². The Morgan fingerprint density at radius 1 is 1.45 bits per heavy atom. The average Bonchev–Trinajstić information content (AvgIpc) is 3.18. The van der Waals surface area contributed by atoms with E-state index < -0.39 is 0 Å². The van der Waals surface area contributed by atoms with Crippen molar-refractivity contribution in [3.05, 3.63) is 46.7 Å². The van der Waals surface area contributed by atoms with E-state index in [2.05, 4.69) is 22.6 Å². The minimum Gasteiger partial charge on any atom is -0.381 e. The summed E-state index contributed by atoms with van der Waals surface area (Å²) in [5, 5.41) is 12.6. The van der Waals surface area contributed by atoms with Crippen LogP contribution in [0.25, 0.3) is 0 Å². The summed E-state index contributed by atoms with van der Waals surface area (Å²) in [6, 6.07) is 8.06. The molecule has 22 heavy (non-hydrogen) atoms. The van der Waals surface area contributed by atoms with Crippen LogP contribution in [-0.4, -0.2) is 28.2 Å². The molecular formula is C16H21ClN4O. The average molecular weight is 321 g/mol. The minimum absolute atomic E-state index is 0.169. The van der Waals surface area contributed by atoms with Gasteiger partial charge in [0.05, 0.1) is 12.3 Å². The monoisotopic (exact) mass is 320 g/mol. The van der Waals surface area contributed by atoms with E-state index in [1.807, 2.05) is 35.1 Å². The zero-order chi connectivity index (χ0) is 15.4.